The fourth-order valence-electron chi connectivity index (χ4n) is 2.06. The lowest BCUT2D eigenvalue weighted by molar-refractivity contribution is -0.112. The summed E-state index contributed by atoms with van der Waals surface area (Å²) >= 11 is 2.24. The molecular formula is C13H12IN5O2. The highest BCUT2D eigenvalue weighted by molar-refractivity contribution is 14.1. The highest BCUT2D eigenvalue weighted by Gasteiger charge is 2.24. The highest BCUT2D eigenvalue weighted by atomic mass is 127. The van der Waals surface area contributed by atoms with Gasteiger partial charge in [0, 0.05) is 15.4 Å². The number of rotatable bonds is 4. The molecule has 0 radical (unpaired) electrons. The molecule has 1 aliphatic heterocycles. The molecule has 0 saturated heterocycles. The molecule has 0 saturated carbocycles. The molecule has 3 rings (SSSR count). The van der Waals surface area contributed by atoms with Gasteiger partial charge in [0.1, 0.15) is 17.9 Å². The maximum absolute atomic E-state index is 11.0. The van der Waals surface area contributed by atoms with Crippen LogP contribution in [0.3, 0.4) is 0 Å². The molecule has 0 fully saturated rings. The molecule has 2 aromatic rings. The summed E-state index contributed by atoms with van der Waals surface area (Å²) in [6.45, 7) is 0.484. The van der Waals surface area contributed by atoms with Gasteiger partial charge in [-0.1, -0.05) is 5.16 Å². The molecule has 1 aromatic heterocycles. The molecule has 1 amide bonds. The number of hydrogen-bond acceptors (Lipinski definition) is 6. The summed E-state index contributed by atoms with van der Waals surface area (Å²) in [5.41, 5.74) is 6.30. The van der Waals surface area contributed by atoms with Crippen molar-refractivity contribution in [3.8, 4) is 0 Å². The molecule has 0 bridgehead atoms. The van der Waals surface area contributed by atoms with Crippen LogP contribution < -0.4 is 11.1 Å². The van der Waals surface area contributed by atoms with Crippen LogP contribution >= 0.6 is 22.6 Å². The van der Waals surface area contributed by atoms with Crippen molar-refractivity contribution in [1.29, 1.82) is 0 Å². The van der Waals surface area contributed by atoms with Gasteiger partial charge in [0.05, 0.1) is 12.1 Å². The van der Waals surface area contributed by atoms with Crippen LogP contribution in [0, 0.1) is 3.57 Å². The lowest BCUT2D eigenvalue weighted by atomic mass is 10.1. The predicted molar refractivity (Wildman–Crippen MR) is 86.9 cm³/mol. The van der Waals surface area contributed by atoms with Crippen molar-refractivity contribution in [2.75, 3.05) is 11.9 Å². The molecule has 108 valence electrons. The topological polar surface area (TPSA) is 102 Å². The number of nitrogens with zero attached hydrogens (tertiary/aromatic N) is 3. The molecular weight excluding hydrogens is 385 g/mol. The van der Waals surface area contributed by atoms with Crippen LogP contribution in [-0.4, -0.2) is 34.2 Å². The number of amides is 1. The van der Waals surface area contributed by atoms with Crippen molar-refractivity contribution in [1.82, 2.24) is 9.97 Å². The van der Waals surface area contributed by atoms with E-state index in [2.05, 4.69) is 43.0 Å². The van der Waals surface area contributed by atoms with Gasteiger partial charge in [-0.3, -0.25) is 4.79 Å². The zero-order valence-electron chi connectivity index (χ0n) is 10.9. The number of anilines is 1. The van der Waals surface area contributed by atoms with E-state index in [1.54, 1.807) is 0 Å². The van der Waals surface area contributed by atoms with Crippen molar-refractivity contribution in [2.45, 2.75) is 12.5 Å². The Morgan fingerprint density at radius 2 is 2.33 bits per heavy atom. The number of nitrogens with two attached hydrogens (primary N) is 1. The summed E-state index contributed by atoms with van der Waals surface area (Å²) in [6, 6.07) is 5.95. The third-order valence-electron chi connectivity index (χ3n) is 3.11. The number of halogens is 1. The normalized spacial score (nSPS) is 17.4. The Bertz CT molecular complexity index is 734. The third-order valence-corrected chi connectivity index (χ3v) is 3.78. The average Bonchev–Trinajstić information content (AvgIpc) is 2.94. The molecule has 1 aliphatic rings. The summed E-state index contributed by atoms with van der Waals surface area (Å²) in [5.74, 6) is 0.189. The van der Waals surface area contributed by atoms with Crippen LogP contribution in [-0.2, 0) is 9.63 Å². The van der Waals surface area contributed by atoms with E-state index in [1.165, 1.54) is 6.33 Å². The van der Waals surface area contributed by atoms with Gasteiger partial charge in [-0.2, -0.15) is 0 Å². The van der Waals surface area contributed by atoms with Crippen LogP contribution in [0.4, 0.5) is 5.82 Å². The Balaban J connectivity index is 1.72. The van der Waals surface area contributed by atoms with Crippen molar-refractivity contribution in [3.63, 3.8) is 0 Å². The van der Waals surface area contributed by atoms with Gasteiger partial charge in [-0.25, -0.2) is 9.97 Å². The lowest BCUT2D eigenvalue weighted by Crippen LogP contribution is -2.26. The second-order valence-corrected chi connectivity index (χ2v) is 5.84. The van der Waals surface area contributed by atoms with Gasteiger partial charge in [0.15, 0.2) is 6.10 Å². The third kappa shape index (κ3) is 3.04. The predicted octanol–water partition coefficient (Wildman–Crippen LogP) is 1.28. The van der Waals surface area contributed by atoms with Crippen LogP contribution in [0.15, 0.2) is 29.7 Å². The van der Waals surface area contributed by atoms with Crippen molar-refractivity contribution in [3.05, 3.63) is 28.1 Å². The van der Waals surface area contributed by atoms with E-state index < -0.39 is 5.91 Å². The molecule has 0 spiro atoms. The number of hydrogen-bond donors (Lipinski definition) is 2. The summed E-state index contributed by atoms with van der Waals surface area (Å²) in [6.07, 6.45) is 1.70. The first-order chi connectivity index (χ1) is 10.1. The van der Waals surface area contributed by atoms with E-state index in [9.17, 15) is 4.79 Å². The van der Waals surface area contributed by atoms with Crippen LogP contribution in [0.1, 0.15) is 6.42 Å². The van der Waals surface area contributed by atoms with E-state index >= 15 is 0 Å². The highest BCUT2D eigenvalue weighted by Crippen LogP contribution is 2.22. The zero-order chi connectivity index (χ0) is 14.8. The van der Waals surface area contributed by atoms with Gasteiger partial charge in [0.2, 0.25) is 0 Å². The molecule has 1 unspecified atom stereocenters. The minimum Gasteiger partial charge on any atom is -0.390 e. The Hall–Kier alpha value is -1.97. The number of benzene rings is 1. The molecule has 21 heavy (non-hydrogen) atoms. The second kappa shape index (κ2) is 5.80. The standard InChI is InChI=1S/C13H12IN5O2/c14-7-1-2-10-9(3-7)13(18-6-17-10)16-5-8-4-11(12(15)20)19-21-8/h1-3,6,8H,4-5H2,(H2,15,20)(H,16,17,18). The number of fused-ring (bicyclic) bond motifs is 1. The molecule has 3 N–H and O–H groups in total. The number of primary amides is 1. The Kier molecular flexibility index (Phi) is 3.86. The number of nitrogens with one attached hydrogen (secondary N) is 1. The molecule has 8 heteroatoms. The summed E-state index contributed by atoms with van der Waals surface area (Å²) < 4.78 is 1.11. The van der Waals surface area contributed by atoms with E-state index in [4.69, 9.17) is 10.6 Å². The first kappa shape index (κ1) is 14.0. The fourth-order valence-corrected chi connectivity index (χ4v) is 2.55. The van der Waals surface area contributed by atoms with Crippen molar-refractivity contribution >= 4 is 50.9 Å². The van der Waals surface area contributed by atoms with Gasteiger partial charge >= 0.3 is 0 Å². The van der Waals surface area contributed by atoms with Crippen molar-refractivity contribution in [2.24, 2.45) is 10.9 Å². The molecule has 2 heterocycles. The van der Waals surface area contributed by atoms with E-state index in [1.807, 2.05) is 18.2 Å². The van der Waals surface area contributed by atoms with E-state index in [0.717, 1.165) is 20.3 Å². The number of carbonyl (C=O) groups is 1. The molecule has 0 aliphatic carbocycles. The van der Waals surface area contributed by atoms with Crippen LogP contribution in [0.5, 0.6) is 0 Å². The molecule has 1 aromatic carbocycles. The smallest absolute Gasteiger partial charge is 0.266 e. The van der Waals surface area contributed by atoms with E-state index in [-0.39, 0.29) is 11.8 Å². The molecule has 7 nitrogen and oxygen atoms in total. The minimum absolute atomic E-state index is 0.222. The van der Waals surface area contributed by atoms with Gasteiger partial charge in [-0.15, -0.1) is 0 Å². The number of oxime groups is 1. The van der Waals surface area contributed by atoms with E-state index in [0.29, 0.717) is 13.0 Å². The quantitative estimate of drug-likeness (QED) is 0.757. The largest absolute Gasteiger partial charge is 0.390 e. The minimum atomic E-state index is -0.542. The van der Waals surface area contributed by atoms with Crippen LogP contribution in [0.25, 0.3) is 10.9 Å². The Morgan fingerprint density at radius 3 is 3.10 bits per heavy atom. The zero-order valence-corrected chi connectivity index (χ0v) is 13.1. The van der Waals surface area contributed by atoms with Gasteiger partial charge in [-0.05, 0) is 40.8 Å². The number of aromatic nitrogens is 2. The lowest BCUT2D eigenvalue weighted by Gasteiger charge is -2.11. The maximum atomic E-state index is 11.0. The fraction of sp³-hybridized carbons (Fsp3) is 0.231. The van der Waals surface area contributed by atoms with Gasteiger partial charge < -0.3 is 15.9 Å². The Labute approximate surface area is 134 Å². The van der Waals surface area contributed by atoms with Crippen molar-refractivity contribution < 1.29 is 9.63 Å². The SMILES string of the molecule is NC(=O)C1=NOC(CNc2ncnc3ccc(I)cc23)C1. The summed E-state index contributed by atoms with van der Waals surface area (Å²) in [4.78, 5) is 24.6. The van der Waals surface area contributed by atoms with Crippen LogP contribution in [0.2, 0.25) is 0 Å². The first-order valence-corrected chi connectivity index (χ1v) is 7.38. The first-order valence-electron chi connectivity index (χ1n) is 6.30. The monoisotopic (exact) mass is 397 g/mol. The average molecular weight is 397 g/mol. The second-order valence-electron chi connectivity index (χ2n) is 4.60. The number of carbonyl (C=O) groups excluding carboxylic acids is 1. The molecule has 1 atom stereocenters. The van der Waals surface area contributed by atoms with Gasteiger partial charge in [0.25, 0.3) is 5.91 Å². The summed E-state index contributed by atoms with van der Waals surface area (Å²) in [5, 5.41) is 7.83. The maximum Gasteiger partial charge on any atom is 0.266 e. The Morgan fingerprint density at radius 1 is 1.48 bits per heavy atom. The summed E-state index contributed by atoms with van der Waals surface area (Å²) in [7, 11) is 0.